The summed E-state index contributed by atoms with van der Waals surface area (Å²) in [5.41, 5.74) is -0.611. The van der Waals surface area contributed by atoms with E-state index in [1.807, 2.05) is 0 Å². The van der Waals surface area contributed by atoms with E-state index in [2.05, 4.69) is 5.16 Å². The van der Waals surface area contributed by atoms with Gasteiger partial charge in [-0.05, 0) is 12.1 Å². The van der Waals surface area contributed by atoms with E-state index in [1.54, 1.807) is 0 Å². The highest BCUT2D eigenvalue weighted by Gasteiger charge is 2.30. The van der Waals surface area contributed by atoms with E-state index < -0.39 is 11.7 Å². The van der Waals surface area contributed by atoms with Crippen LogP contribution in [0.3, 0.4) is 0 Å². The third-order valence-corrected chi connectivity index (χ3v) is 1.85. The van der Waals surface area contributed by atoms with Crippen LogP contribution in [0.5, 0.6) is 0 Å². The SMILES string of the molecule is O/N=C\c1ccc(C(F)(F)F)cc1Cl. The Morgan fingerprint density at radius 3 is 2.43 bits per heavy atom. The van der Waals surface area contributed by atoms with Crippen molar-refractivity contribution in [3.63, 3.8) is 0 Å². The molecule has 1 rings (SSSR count). The number of oxime groups is 1. The van der Waals surface area contributed by atoms with Gasteiger partial charge in [-0.25, -0.2) is 0 Å². The fourth-order valence-electron chi connectivity index (χ4n) is 0.870. The molecule has 76 valence electrons. The van der Waals surface area contributed by atoms with E-state index in [9.17, 15) is 13.2 Å². The van der Waals surface area contributed by atoms with Crippen molar-refractivity contribution in [3.8, 4) is 0 Å². The number of nitrogens with zero attached hydrogens (tertiary/aromatic N) is 1. The van der Waals surface area contributed by atoms with E-state index in [-0.39, 0.29) is 10.6 Å². The van der Waals surface area contributed by atoms with Crippen molar-refractivity contribution in [2.75, 3.05) is 0 Å². The highest BCUT2D eigenvalue weighted by atomic mass is 35.5. The monoisotopic (exact) mass is 223 g/mol. The quantitative estimate of drug-likeness (QED) is 0.443. The minimum atomic E-state index is -4.42. The van der Waals surface area contributed by atoms with Crippen molar-refractivity contribution in [1.82, 2.24) is 0 Å². The van der Waals surface area contributed by atoms with E-state index in [0.717, 1.165) is 24.4 Å². The molecule has 14 heavy (non-hydrogen) atoms. The summed E-state index contributed by atoms with van der Waals surface area (Å²) in [6, 6.07) is 2.77. The summed E-state index contributed by atoms with van der Waals surface area (Å²) >= 11 is 5.51. The van der Waals surface area contributed by atoms with Crippen molar-refractivity contribution in [1.29, 1.82) is 0 Å². The van der Waals surface area contributed by atoms with Gasteiger partial charge >= 0.3 is 6.18 Å². The largest absolute Gasteiger partial charge is 0.416 e. The molecule has 0 unspecified atom stereocenters. The number of rotatable bonds is 1. The van der Waals surface area contributed by atoms with Gasteiger partial charge in [0.15, 0.2) is 0 Å². The van der Waals surface area contributed by atoms with Crippen molar-refractivity contribution < 1.29 is 18.4 Å². The molecule has 0 fully saturated rings. The molecule has 0 heterocycles. The van der Waals surface area contributed by atoms with Crippen LogP contribution in [0.15, 0.2) is 23.4 Å². The molecule has 1 aromatic carbocycles. The van der Waals surface area contributed by atoms with Gasteiger partial charge in [0.1, 0.15) is 0 Å². The van der Waals surface area contributed by atoms with Gasteiger partial charge in [0, 0.05) is 5.56 Å². The molecular formula is C8H5ClF3NO. The lowest BCUT2D eigenvalue weighted by atomic mass is 10.1. The Kier molecular flexibility index (Phi) is 3.00. The molecule has 1 aromatic rings. The Labute approximate surface area is 82.6 Å². The summed E-state index contributed by atoms with van der Waals surface area (Å²) in [6.07, 6.45) is -3.46. The van der Waals surface area contributed by atoms with Gasteiger partial charge in [0.25, 0.3) is 0 Å². The minimum Gasteiger partial charge on any atom is -0.411 e. The number of benzene rings is 1. The average molecular weight is 224 g/mol. The van der Waals surface area contributed by atoms with Crippen LogP contribution in [-0.2, 0) is 6.18 Å². The lowest BCUT2D eigenvalue weighted by Gasteiger charge is -2.07. The molecule has 0 spiro atoms. The third kappa shape index (κ3) is 2.38. The first-order valence-corrected chi connectivity index (χ1v) is 3.87. The van der Waals surface area contributed by atoms with Gasteiger partial charge in [-0.2, -0.15) is 13.2 Å². The number of alkyl halides is 3. The predicted molar refractivity (Wildman–Crippen MR) is 45.8 cm³/mol. The molecule has 0 amide bonds. The van der Waals surface area contributed by atoms with Gasteiger partial charge in [-0.1, -0.05) is 22.8 Å². The zero-order valence-corrected chi connectivity index (χ0v) is 7.47. The predicted octanol–water partition coefficient (Wildman–Crippen LogP) is 3.17. The van der Waals surface area contributed by atoms with Gasteiger partial charge < -0.3 is 5.21 Å². The maximum atomic E-state index is 12.1. The fraction of sp³-hybridized carbons (Fsp3) is 0.125. The van der Waals surface area contributed by atoms with Crippen LogP contribution in [-0.4, -0.2) is 11.4 Å². The van der Waals surface area contributed by atoms with Crippen molar-refractivity contribution in [3.05, 3.63) is 34.3 Å². The Morgan fingerprint density at radius 2 is 2.00 bits per heavy atom. The van der Waals surface area contributed by atoms with Gasteiger partial charge in [-0.15, -0.1) is 0 Å². The normalized spacial score (nSPS) is 12.3. The molecule has 0 saturated carbocycles. The molecule has 6 heteroatoms. The zero-order valence-electron chi connectivity index (χ0n) is 6.72. The number of hydrogen-bond acceptors (Lipinski definition) is 2. The van der Waals surface area contributed by atoms with Crippen LogP contribution in [0.1, 0.15) is 11.1 Å². The van der Waals surface area contributed by atoms with Crippen LogP contribution in [0.4, 0.5) is 13.2 Å². The van der Waals surface area contributed by atoms with Crippen molar-refractivity contribution >= 4 is 17.8 Å². The van der Waals surface area contributed by atoms with E-state index in [0.29, 0.717) is 0 Å². The Bertz CT molecular complexity index is 362. The molecule has 0 bridgehead atoms. The van der Waals surface area contributed by atoms with Crippen molar-refractivity contribution in [2.24, 2.45) is 5.16 Å². The molecule has 0 saturated heterocycles. The van der Waals surface area contributed by atoms with Crippen LogP contribution in [0.25, 0.3) is 0 Å². The first kappa shape index (κ1) is 10.8. The van der Waals surface area contributed by atoms with E-state index >= 15 is 0 Å². The maximum Gasteiger partial charge on any atom is 0.416 e. The molecule has 0 aliphatic carbocycles. The Hall–Kier alpha value is -1.23. The van der Waals surface area contributed by atoms with Crippen molar-refractivity contribution in [2.45, 2.75) is 6.18 Å². The van der Waals surface area contributed by atoms with E-state index in [1.165, 1.54) is 0 Å². The summed E-state index contributed by atoms with van der Waals surface area (Å²) in [5, 5.41) is 10.7. The van der Waals surface area contributed by atoms with Crippen LogP contribution >= 0.6 is 11.6 Å². The molecule has 0 radical (unpaired) electrons. The molecular weight excluding hydrogens is 219 g/mol. The highest BCUT2D eigenvalue weighted by Crippen LogP contribution is 2.31. The smallest absolute Gasteiger partial charge is 0.411 e. The lowest BCUT2D eigenvalue weighted by molar-refractivity contribution is -0.137. The maximum absolute atomic E-state index is 12.1. The van der Waals surface area contributed by atoms with Gasteiger partial charge in [0.05, 0.1) is 16.8 Å². The number of hydrogen-bond donors (Lipinski definition) is 1. The summed E-state index contributed by atoms with van der Waals surface area (Å²) in [6.45, 7) is 0. The third-order valence-electron chi connectivity index (χ3n) is 1.52. The zero-order chi connectivity index (χ0) is 10.8. The Morgan fingerprint density at radius 1 is 1.36 bits per heavy atom. The second kappa shape index (κ2) is 3.88. The standard InChI is InChI=1S/C8H5ClF3NO/c9-7-3-6(8(10,11)12)2-1-5(7)4-13-14/h1-4,14H/b13-4-. The first-order valence-electron chi connectivity index (χ1n) is 3.49. The molecule has 0 aliphatic rings. The molecule has 0 atom stereocenters. The summed E-state index contributed by atoms with van der Waals surface area (Å²) in [5.74, 6) is 0. The van der Waals surface area contributed by atoms with Gasteiger partial charge in [0.2, 0.25) is 0 Å². The Balaban J connectivity index is 3.13. The number of halogens is 4. The second-order valence-electron chi connectivity index (χ2n) is 2.48. The van der Waals surface area contributed by atoms with Crippen LogP contribution in [0.2, 0.25) is 5.02 Å². The molecule has 2 nitrogen and oxygen atoms in total. The van der Waals surface area contributed by atoms with E-state index in [4.69, 9.17) is 16.8 Å². The highest BCUT2D eigenvalue weighted by molar-refractivity contribution is 6.33. The topological polar surface area (TPSA) is 32.6 Å². The minimum absolute atomic E-state index is 0.113. The van der Waals surface area contributed by atoms with Crippen LogP contribution in [0, 0.1) is 0 Å². The average Bonchev–Trinajstić information content (AvgIpc) is 2.07. The summed E-state index contributed by atoms with van der Waals surface area (Å²) in [4.78, 5) is 0. The van der Waals surface area contributed by atoms with Crippen LogP contribution < -0.4 is 0 Å². The van der Waals surface area contributed by atoms with Gasteiger partial charge in [-0.3, -0.25) is 0 Å². The summed E-state index contributed by atoms with van der Waals surface area (Å²) < 4.78 is 36.4. The summed E-state index contributed by atoms with van der Waals surface area (Å²) in [7, 11) is 0. The second-order valence-corrected chi connectivity index (χ2v) is 2.89. The lowest BCUT2D eigenvalue weighted by Crippen LogP contribution is -2.04. The molecule has 0 aromatic heterocycles. The molecule has 1 N–H and O–H groups in total. The fourth-order valence-corrected chi connectivity index (χ4v) is 1.10. The first-order chi connectivity index (χ1) is 6.45. The molecule has 0 aliphatic heterocycles.